The number of methoxy groups -OCH3 is 1. The maximum Gasteiger partial charge on any atom is 0.160 e. The zero-order chi connectivity index (χ0) is 13.5. The highest BCUT2D eigenvalue weighted by molar-refractivity contribution is 5.95. The van der Waals surface area contributed by atoms with Crippen LogP contribution in [-0.2, 0) is 0 Å². The maximum atomic E-state index is 11.4. The van der Waals surface area contributed by atoms with E-state index in [1.807, 2.05) is 0 Å². The second-order valence-corrected chi connectivity index (χ2v) is 3.91. The number of ether oxygens (including phenoxy) is 1. The standard InChI is InChI=1S/C13H19NO4/c1-10(17)11-7-12(9-13(8-11)18-2)14(3-5-15)4-6-16/h7-9,15-16H,3-6H2,1-2H3. The van der Waals surface area contributed by atoms with E-state index in [9.17, 15) is 4.79 Å². The summed E-state index contributed by atoms with van der Waals surface area (Å²) in [6, 6.07) is 5.18. The molecule has 5 nitrogen and oxygen atoms in total. The van der Waals surface area contributed by atoms with Gasteiger partial charge in [0.05, 0.1) is 20.3 Å². The van der Waals surface area contributed by atoms with Gasteiger partial charge in [-0.05, 0) is 19.1 Å². The smallest absolute Gasteiger partial charge is 0.160 e. The van der Waals surface area contributed by atoms with Gasteiger partial charge in [0.15, 0.2) is 5.78 Å². The molecule has 5 heteroatoms. The molecular weight excluding hydrogens is 234 g/mol. The number of hydrogen-bond acceptors (Lipinski definition) is 5. The lowest BCUT2D eigenvalue weighted by Crippen LogP contribution is -2.29. The molecule has 2 N–H and O–H groups in total. The molecule has 0 saturated carbocycles. The SMILES string of the molecule is COc1cc(C(C)=O)cc(N(CCO)CCO)c1. The van der Waals surface area contributed by atoms with Crippen LogP contribution in [0.1, 0.15) is 17.3 Å². The fraction of sp³-hybridized carbons (Fsp3) is 0.462. The van der Waals surface area contributed by atoms with Crippen LogP contribution < -0.4 is 9.64 Å². The molecule has 0 unspecified atom stereocenters. The van der Waals surface area contributed by atoms with E-state index in [0.29, 0.717) is 24.4 Å². The Hall–Kier alpha value is -1.59. The second kappa shape index (κ2) is 6.98. The summed E-state index contributed by atoms with van der Waals surface area (Å²) in [5.41, 5.74) is 1.30. The van der Waals surface area contributed by atoms with E-state index in [4.69, 9.17) is 14.9 Å². The minimum atomic E-state index is -0.0527. The Morgan fingerprint density at radius 1 is 1.22 bits per heavy atom. The third-order valence-corrected chi connectivity index (χ3v) is 2.64. The first-order valence-corrected chi connectivity index (χ1v) is 5.79. The van der Waals surface area contributed by atoms with Gasteiger partial charge in [0.1, 0.15) is 5.75 Å². The lowest BCUT2D eigenvalue weighted by molar-refractivity contribution is 0.101. The summed E-state index contributed by atoms with van der Waals surface area (Å²) in [4.78, 5) is 13.2. The van der Waals surface area contributed by atoms with Crippen molar-refractivity contribution in [2.24, 2.45) is 0 Å². The summed E-state index contributed by atoms with van der Waals surface area (Å²) in [6.45, 7) is 2.23. The molecule has 0 aliphatic carbocycles. The van der Waals surface area contributed by atoms with Crippen LogP contribution in [0.15, 0.2) is 18.2 Å². The van der Waals surface area contributed by atoms with Crippen LogP contribution >= 0.6 is 0 Å². The number of aliphatic hydroxyl groups excluding tert-OH is 2. The molecule has 100 valence electrons. The first-order chi connectivity index (χ1) is 8.62. The summed E-state index contributed by atoms with van der Waals surface area (Å²) in [7, 11) is 1.53. The Labute approximate surface area is 107 Å². The van der Waals surface area contributed by atoms with Crippen molar-refractivity contribution in [2.75, 3.05) is 38.3 Å². The number of benzene rings is 1. The summed E-state index contributed by atoms with van der Waals surface area (Å²) < 4.78 is 5.15. The van der Waals surface area contributed by atoms with Gasteiger partial charge >= 0.3 is 0 Å². The van der Waals surface area contributed by atoms with Crippen molar-refractivity contribution < 1.29 is 19.7 Å². The molecule has 0 saturated heterocycles. The first-order valence-electron chi connectivity index (χ1n) is 5.79. The van der Waals surface area contributed by atoms with Crippen molar-refractivity contribution in [3.63, 3.8) is 0 Å². The zero-order valence-corrected chi connectivity index (χ0v) is 10.7. The number of aliphatic hydroxyl groups is 2. The Kier molecular flexibility index (Phi) is 5.61. The zero-order valence-electron chi connectivity index (χ0n) is 10.7. The lowest BCUT2D eigenvalue weighted by Gasteiger charge is -2.24. The van der Waals surface area contributed by atoms with E-state index in [1.165, 1.54) is 14.0 Å². The van der Waals surface area contributed by atoms with Crippen LogP contribution in [0, 0.1) is 0 Å². The van der Waals surface area contributed by atoms with Crippen LogP contribution in [0.4, 0.5) is 5.69 Å². The number of carbonyl (C=O) groups is 1. The van der Waals surface area contributed by atoms with Crippen molar-refractivity contribution in [1.29, 1.82) is 0 Å². The first kappa shape index (κ1) is 14.5. The predicted octanol–water partition coefficient (Wildman–Crippen LogP) is 0.689. The van der Waals surface area contributed by atoms with Gasteiger partial charge in [-0.2, -0.15) is 0 Å². The molecule has 1 aromatic rings. The average Bonchev–Trinajstić information content (AvgIpc) is 2.37. The molecule has 0 aliphatic heterocycles. The van der Waals surface area contributed by atoms with Crippen LogP contribution in [0.2, 0.25) is 0 Å². The number of ketones is 1. The molecule has 0 bridgehead atoms. The summed E-state index contributed by atoms with van der Waals surface area (Å²) in [6.07, 6.45) is 0. The molecule has 0 aromatic heterocycles. The second-order valence-electron chi connectivity index (χ2n) is 3.91. The highest BCUT2D eigenvalue weighted by atomic mass is 16.5. The molecule has 0 atom stereocenters. The molecule has 1 rings (SSSR count). The van der Waals surface area contributed by atoms with E-state index in [0.717, 1.165) is 5.69 Å². The topological polar surface area (TPSA) is 70.0 Å². The van der Waals surface area contributed by atoms with Crippen molar-refractivity contribution in [3.05, 3.63) is 23.8 Å². The van der Waals surface area contributed by atoms with E-state index in [1.54, 1.807) is 23.1 Å². The molecule has 0 heterocycles. The molecule has 0 radical (unpaired) electrons. The van der Waals surface area contributed by atoms with Gasteiger partial charge in [-0.1, -0.05) is 0 Å². The van der Waals surface area contributed by atoms with Crippen molar-refractivity contribution in [1.82, 2.24) is 0 Å². The van der Waals surface area contributed by atoms with Gasteiger partial charge in [0.25, 0.3) is 0 Å². The highest BCUT2D eigenvalue weighted by Crippen LogP contribution is 2.24. The van der Waals surface area contributed by atoms with E-state index in [-0.39, 0.29) is 19.0 Å². The van der Waals surface area contributed by atoms with Gasteiger partial charge in [-0.3, -0.25) is 4.79 Å². The normalized spacial score (nSPS) is 10.2. The van der Waals surface area contributed by atoms with Crippen LogP contribution in [0.3, 0.4) is 0 Å². The molecule has 1 aromatic carbocycles. The molecule has 0 amide bonds. The Bertz CT molecular complexity index is 400. The fourth-order valence-corrected chi connectivity index (χ4v) is 1.70. The van der Waals surface area contributed by atoms with Gasteiger partial charge in [-0.25, -0.2) is 0 Å². The molecular formula is C13H19NO4. The van der Waals surface area contributed by atoms with Crippen molar-refractivity contribution in [3.8, 4) is 5.75 Å². The number of hydrogen-bond donors (Lipinski definition) is 2. The number of anilines is 1. The predicted molar refractivity (Wildman–Crippen MR) is 69.4 cm³/mol. The van der Waals surface area contributed by atoms with Gasteiger partial charge in [0, 0.05) is 30.4 Å². The minimum Gasteiger partial charge on any atom is -0.497 e. The van der Waals surface area contributed by atoms with E-state index < -0.39 is 0 Å². The number of rotatable bonds is 7. The van der Waals surface area contributed by atoms with Crippen molar-refractivity contribution in [2.45, 2.75) is 6.92 Å². The average molecular weight is 253 g/mol. The van der Waals surface area contributed by atoms with E-state index in [2.05, 4.69) is 0 Å². The third-order valence-electron chi connectivity index (χ3n) is 2.64. The monoisotopic (exact) mass is 253 g/mol. The number of Topliss-reactive ketones (excluding diaryl/α,β-unsaturated/α-hetero) is 1. The number of carbonyl (C=O) groups excluding carboxylic acids is 1. The summed E-state index contributed by atoms with van der Waals surface area (Å²) >= 11 is 0. The number of nitrogens with zero attached hydrogens (tertiary/aromatic N) is 1. The van der Waals surface area contributed by atoms with Gasteiger partial charge in [-0.15, -0.1) is 0 Å². The maximum absolute atomic E-state index is 11.4. The Morgan fingerprint density at radius 2 is 1.83 bits per heavy atom. The Balaban J connectivity index is 3.11. The van der Waals surface area contributed by atoms with Crippen molar-refractivity contribution >= 4 is 11.5 Å². The molecule has 0 aliphatic rings. The van der Waals surface area contributed by atoms with E-state index >= 15 is 0 Å². The quantitative estimate of drug-likeness (QED) is 0.700. The molecule has 18 heavy (non-hydrogen) atoms. The fourth-order valence-electron chi connectivity index (χ4n) is 1.70. The highest BCUT2D eigenvalue weighted by Gasteiger charge is 2.10. The summed E-state index contributed by atoms with van der Waals surface area (Å²) in [5.74, 6) is 0.529. The third kappa shape index (κ3) is 3.72. The van der Waals surface area contributed by atoms with Crippen LogP contribution in [-0.4, -0.2) is 49.4 Å². The summed E-state index contributed by atoms with van der Waals surface area (Å²) in [5, 5.41) is 18.0. The molecule has 0 fully saturated rings. The molecule has 0 spiro atoms. The largest absolute Gasteiger partial charge is 0.497 e. The van der Waals surface area contributed by atoms with Crippen LogP contribution in [0.25, 0.3) is 0 Å². The Morgan fingerprint density at radius 3 is 2.28 bits per heavy atom. The van der Waals surface area contributed by atoms with Gasteiger partial charge < -0.3 is 19.8 Å². The van der Waals surface area contributed by atoms with Gasteiger partial charge in [0.2, 0.25) is 0 Å². The van der Waals surface area contributed by atoms with Crippen LogP contribution in [0.5, 0.6) is 5.75 Å². The minimum absolute atomic E-state index is 0.0212. The lowest BCUT2D eigenvalue weighted by atomic mass is 10.1.